The molecule has 4 rings (SSSR count). The number of anilines is 2. The topological polar surface area (TPSA) is 93.1 Å². The molecule has 0 bridgehead atoms. The lowest BCUT2D eigenvalue weighted by atomic mass is 10.1. The highest BCUT2D eigenvalue weighted by molar-refractivity contribution is 5.78. The number of carbonyl (C=O) groups excluding carboxylic acids is 1. The molecule has 1 saturated heterocycles. The minimum Gasteiger partial charge on any atom is -0.484 e. The molecule has 1 fully saturated rings. The smallest absolute Gasteiger partial charge is 0.260 e. The van der Waals surface area contributed by atoms with Crippen molar-refractivity contribution in [3.05, 3.63) is 66.5 Å². The summed E-state index contributed by atoms with van der Waals surface area (Å²) < 4.78 is 18.4. The summed E-state index contributed by atoms with van der Waals surface area (Å²) in [4.78, 5) is 31.1. The van der Waals surface area contributed by atoms with Crippen LogP contribution in [0.25, 0.3) is 0 Å². The first kappa shape index (κ1) is 18.7. The summed E-state index contributed by atoms with van der Waals surface area (Å²) in [5.41, 5.74) is 0.855. The van der Waals surface area contributed by atoms with Crippen LogP contribution in [-0.4, -0.2) is 50.4 Å². The minimum atomic E-state index is -0.344. The van der Waals surface area contributed by atoms with E-state index in [0.717, 1.165) is 12.1 Å². The standard InChI is InChI=1S/C20H19FN6O2/c21-15-2-4-16(5-3-15)29-13-18(28)27-11-7-14(12-27)17-6-10-24-20(25-17)26-19-22-8-1-9-23-19/h1-6,8-10,14H,7,11-13H2,(H,22,23,24,25,26)/t14-/m0/s1. The highest BCUT2D eigenvalue weighted by Crippen LogP contribution is 2.26. The zero-order valence-electron chi connectivity index (χ0n) is 15.5. The van der Waals surface area contributed by atoms with Crippen molar-refractivity contribution in [3.8, 4) is 5.75 Å². The van der Waals surface area contributed by atoms with Gasteiger partial charge in [-0.05, 0) is 42.8 Å². The van der Waals surface area contributed by atoms with E-state index in [1.807, 2.05) is 6.07 Å². The second kappa shape index (κ2) is 8.59. The molecule has 0 radical (unpaired) electrons. The number of halogens is 1. The van der Waals surface area contributed by atoms with Crippen LogP contribution in [-0.2, 0) is 4.79 Å². The van der Waals surface area contributed by atoms with Gasteiger partial charge < -0.3 is 9.64 Å². The van der Waals surface area contributed by atoms with Gasteiger partial charge in [-0.15, -0.1) is 0 Å². The van der Waals surface area contributed by atoms with Gasteiger partial charge in [-0.25, -0.2) is 24.3 Å². The van der Waals surface area contributed by atoms with Crippen LogP contribution in [0.1, 0.15) is 18.0 Å². The Balaban J connectivity index is 1.33. The first-order chi connectivity index (χ1) is 14.2. The summed E-state index contributed by atoms with van der Waals surface area (Å²) in [5.74, 6) is 0.963. The summed E-state index contributed by atoms with van der Waals surface area (Å²) in [6, 6.07) is 9.18. The van der Waals surface area contributed by atoms with E-state index >= 15 is 0 Å². The second-order valence-corrected chi connectivity index (χ2v) is 6.57. The van der Waals surface area contributed by atoms with Crippen molar-refractivity contribution in [2.45, 2.75) is 12.3 Å². The Labute approximate surface area is 166 Å². The molecule has 1 amide bonds. The highest BCUT2D eigenvalue weighted by Gasteiger charge is 2.28. The molecule has 9 heteroatoms. The molecule has 0 unspecified atom stereocenters. The van der Waals surface area contributed by atoms with Gasteiger partial charge in [0, 0.05) is 37.6 Å². The Hall–Kier alpha value is -3.62. The molecule has 3 aromatic rings. The van der Waals surface area contributed by atoms with E-state index in [0.29, 0.717) is 30.7 Å². The molecular formula is C20H19FN6O2. The summed E-state index contributed by atoms with van der Waals surface area (Å²) >= 11 is 0. The molecule has 148 valence electrons. The van der Waals surface area contributed by atoms with Crippen molar-refractivity contribution < 1.29 is 13.9 Å². The van der Waals surface area contributed by atoms with Gasteiger partial charge in [0.25, 0.3) is 5.91 Å². The number of rotatable bonds is 6. The van der Waals surface area contributed by atoms with Crippen LogP contribution < -0.4 is 10.1 Å². The van der Waals surface area contributed by atoms with E-state index in [-0.39, 0.29) is 24.2 Å². The van der Waals surface area contributed by atoms with Gasteiger partial charge in [0.15, 0.2) is 6.61 Å². The summed E-state index contributed by atoms with van der Waals surface area (Å²) in [6.45, 7) is 1.11. The van der Waals surface area contributed by atoms with E-state index in [2.05, 4.69) is 25.3 Å². The van der Waals surface area contributed by atoms with Crippen molar-refractivity contribution in [2.75, 3.05) is 25.0 Å². The van der Waals surface area contributed by atoms with Crippen molar-refractivity contribution in [3.63, 3.8) is 0 Å². The molecule has 1 aliphatic rings. The Bertz CT molecular complexity index is 970. The third-order valence-corrected chi connectivity index (χ3v) is 4.60. The van der Waals surface area contributed by atoms with Gasteiger partial charge in [-0.2, -0.15) is 0 Å². The Morgan fingerprint density at radius 1 is 1.10 bits per heavy atom. The zero-order chi connectivity index (χ0) is 20.1. The molecule has 2 aromatic heterocycles. The van der Waals surface area contributed by atoms with Crippen LogP contribution in [0.4, 0.5) is 16.3 Å². The predicted molar refractivity (Wildman–Crippen MR) is 103 cm³/mol. The lowest BCUT2D eigenvalue weighted by molar-refractivity contribution is -0.132. The van der Waals surface area contributed by atoms with Gasteiger partial charge in [0.05, 0.1) is 5.69 Å². The number of carbonyl (C=O) groups is 1. The quantitative estimate of drug-likeness (QED) is 0.687. The Morgan fingerprint density at radius 3 is 2.66 bits per heavy atom. The lowest BCUT2D eigenvalue weighted by Crippen LogP contribution is -2.32. The van der Waals surface area contributed by atoms with Crippen molar-refractivity contribution in [2.24, 2.45) is 0 Å². The third-order valence-electron chi connectivity index (χ3n) is 4.60. The fourth-order valence-corrected chi connectivity index (χ4v) is 3.12. The summed E-state index contributed by atoms with van der Waals surface area (Å²) in [6.07, 6.45) is 5.75. The molecule has 0 spiro atoms. The van der Waals surface area contributed by atoms with E-state index in [1.165, 1.54) is 24.3 Å². The number of amides is 1. The molecule has 29 heavy (non-hydrogen) atoms. The number of ether oxygens (including phenoxy) is 1. The van der Waals surface area contributed by atoms with Gasteiger partial charge in [-0.1, -0.05) is 0 Å². The monoisotopic (exact) mass is 394 g/mol. The molecule has 0 saturated carbocycles. The largest absolute Gasteiger partial charge is 0.484 e. The number of nitrogens with one attached hydrogen (secondary N) is 1. The van der Waals surface area contributed by atoms with Crippen LogP contribution in [0, 0.1) is 5.82 Å². The maximum atomic E-state index is 12.9. The fourth-order valence-electron chi connectivity index (χ4n) is 3.12. The number of hydrogen-bond acceptors (Lipinski definition) is 7. The SMILES string of the molecule is O=C(COc1ccc(F)cc1)N1CC[C@H](c2ccnc(Nc3ncccn3)n2)C1. The summed E-state index contributed by atoms with van der Waals surface area (Å²) in [5, 5.41) is 2.97. The van der Waals surface area contributed by atoms with Gasteiger partial charge in [0.2, 0.25) is 11.9 Å². The molecule has 1 aromatic carbocycles. The van der Waals surface area contributed by atoms with E-state index in [9.17, 15) is 9.18 Å². The molecule has 1 N–H and O–H groups in total. The molecular weight excluding hydrogens is 375 g/mol. The Morgan fingerprint density at radius 2 is 1.86 bits per heavy atom. The molecule has 1 atom stereocenters. The molecule has 0 aliphatic carbocycles. The van der Waals surface area contributed by atoms with Crippen LogP contribution in [0.5, 0.6) is 5.75 Å². The van der Waals surface area contributed by atoms with Crippen molar-refractivity contribution in [1.29, 1.82) is 0 Å². The number of nitrogens with zero attached hydrogens (tertiary/aromatic N) is 5. The predicted octanol–water partition coefficient (Wildman–Crippen LogP) is 2.54. The maximum absolute atomic E-state index is 12.9. The maximum Gasteiger partial charge on any atom is 0.260 e. The van der Waals surface area contributed by atoms with Gasteiger partial charge in [0.1, 0.15) is 11.6 Å². The van der Waals surface area contributed by atoms with Crippen LogP contribution >= 0.6 is 0 Å². The van der Waals surface area contributed by atoms with Crippen LogP contribution in [0.15, 0.2) is 55.0 Å². The average molecular weight is 394 g/mol. The zero-order valence-corrected chi connectivity index (χ0v) is 15.5. The van der Waals surface area contributed by atoms with Gasteiger partial charge >= 0.3 is 0 Å². The van der Waals surface area contributed by atoms with E-state index in [1.54, 1.807) is 29.6 Å². The lowest BCUT2D eigenvalue weighted by Gasteiger charge is -2.17. The normalized spacial score (nSPS) is 15.9. The second-order valence-electron chi connectivity index (χ2n) is 6.57. The minimum absolute atomic E-state index is 0.0831. The Kier molecular flexibility index (Phi) is 5.55. The molecule has 8 nitrogen and oxygen atoms in total. The van der Waals surface area contributed by atoms with Crippen molar-refractivity contribution >= 4 is 17.8 Å². The first-order valence-corrected chi connectivity index (χ1v) is 9.20. The molecule has 1 aliphatic heterocycles. The summed E-state index contributed by atoms with van der Waals surface area (Å²) in [7, 11) is 0. The number of hydrogen-bond donors (Lipinski definition) is 1. The third kappa shape index (κ3) is 4.81. The number of likely N-dealkylation sites (tertiary alicyclic amines) is 1. The number of benzene rings is 1. The van der Waals surface area contributed by atoms with E-state index in [4.69, 9.17) is 4.74 Å². The van der Waals surface area contributed by atoms with E-state index < -0.39 is 0 Å². The van der Waals surface area contributed by atoms with Gasteiger partial charge in [-0.3, -0.25) is 10.1 Å². The molecule has 3 heterocycles. The van der Waals surface area contributed by atoms with Crippen LogP contribution in [0.2, 0.25) is 0 Å². The average Bonchev–Trinajstić information content (AvgIpc) is 3.25. The van der Waals surface area contributed by atoms with Crippen LogP contribution in [0.3, 0.4) is 0 Å². The first-order valence-electron chi connectivity index (χ1n) is 9.20. The van der Waals surface area contributed by atoms with Crippen molar-refractivity contribution in [1.82, 2.24) is 24.8 Å². The number of aromatic nitrogens is 4. The fraction of sp³-hybridized carbons (Fsp3) is 0.250. The highest BCUT2D eigenvalue weighted by atomic mass is 19.1.